The topological polar surface area (TPSA) is 136 Å². The van der Waals surface area contributed by atoms with Crippen LogP contribution >= 0.6 is 0 Å². The van der Waals surface area contributed by atoms with Gasteiger partial charge in [0.05, 0.1) is 19.3 Å². The number of quaternary nitrogens is 1. The lowest BCUT2D eigenvalue weighted by Gasteiger charge is -2.37. The summed E-state index contributed by atoms with van der Waals surface area (Å²) in [6.07, 6.45) is 17.5. The molecule has 7 atom stereocenters. The van der Waals surface area contributed by atoms with Crippen LogP contribution in [0.2, 0.25) is 0 Å². The summed E-state index contributed by atoms with van der Waals surface area (Å²) in [6, 6.07) is 0. The highest BCUT2D eigenvalue weighted by Crippen LogP contribution is 2.61. The van der Waals surface area contributed by atoms with Gasteiger partial charge in [-0.05, 0) is 88.9 Å². The highest BCUT2D eigenvalue weighted by atomic mass is 16.7. The Bertz CT molecular complexity index is 1040. The van der Waals surface area contributed by atoms with E-state index in [4.69, 9.17) is 15.2 Å². The number of nitrogens with two attached hydrogens (primary N) is 2. The fourth-order valence-electron chi connectivity index (χ4n) is 9.00. The molecule has 2 saturated heterocycles. The van der Waals surface area contributed by atoms with E-state index in [9.17, 15) is 19.5 Å². The summed E-state index contributed by atoms with van der Waals surface area (Å²) in [5, 5.41) is 12.3. The zero-order valence-electron chi connectivity index (χ0n) is 26.7. The number of hydrogen-bond acceptors (Lipinski definition) is 7. The van der Waals surface area contributed by atoms with Crippen molar-refractivity contribution in [2.75, 3.05) is 13.2 Å². The monoisotopic (exact) mass is 601 g/mol. The van der Waals surface area contributed by atoms with Gasteiger partial charge in [-0.15, -0.1) is 0 Å². The van der Waals surface area contributed by atoms with Gasteiger partial charge in [0.2, 0.25) is 0 Å². The number of aliphatic hydroxyl groups is 1. The van der Waals surface area contributed by atoms with Crippen molar-refractivity contribution in [2.24, 2.45) is 35.3 Å². The first-order valence-electron chi connectivity index (χ1n) is 17.6. The van der Waals surface area contributed by atoms with Crippen molar-refractivity contribution in [3.8, 4) is 0 Å². The molecule has 0 bridgehead atoms. The zero-order valence-corrected chi connectivity index (χ0v) is 26.7. The lowest BCUT2D eigenvalue weighted by molar-refractivity contribution is -0.699. The molecule has 0 aromatic rings. The number of ketones is 2. The normalized spacial score (nSPS) is 38.7. The van der Waals surface area contributed by atoms with Gasteiger partial charge in [0.25, 0.3) is 5.60 Å². The number of hydrogen-bond donors (Lipinski definition) is 3. The van der Waals surface area contributed by atoms with Crippen LogP contribution in [0.1, 0.15) is 123 Å². The van der Waals surface area contributed by atoms with E-state index in [1.807, 2.05) is 0 Å². The summed E-state index contributed by atoms with van der Waals surface area (Å²) in [5.74, 6) is -0.0542. The predicted octanol–water partition coefficient (Wildman–Crippen LogP) is 4.12. The number of allylic oxidation sites excluding steroid dienone is 1. The van der Waals surface area contributed by atoms with Crippen LogP contribution in [0.25, 0.3) is 0 Å². The number of unbranched alkanes of at least 4 members (excludes halogenated alkanes) is 3. The highest BCUT2D eigenvalue weighted by molar-refractivity contribution is 6.23. The first-order chi connectivity index (χ1) is 20.7. The molecule has 3 aliphatic carbocycles. The smallest absolute Gasteiger partial charge is 0.349 e. The molecule has 0 amide bonds. The van der Waals surface area contributed by atoms with Crippen molar-refractivity contribution in [1.29, 1.82) is 0 Å². The van der Waals surface area contributed by atoms with Crippen molar-refractivity contribution >= 4 is 17.5 Å². The molecule has 5 aliphatic rings. The van der Waals surface area contributed by atoms with Crippen LogP contribution in [0.5, 0.6) is 0 Å². The van der Waals surface area contributed by atoms with Crippen molar-refractivity contribution in [3.63, 3.8) is 0 Å². The van der Waals surface area contributed by atoms with Gasteiger partial charge >= 0.3 is 5.97 Å². The maximum Gasteiger partial charge on any atom is 0.349 e. The third-order valence-electron chi connectivity index (χ3n) is 11.6. The minimum Gasteiger partial charge on any atom is -0.463 e. The predicted molar refractivity (Wildman–Crippen MR) is 164 cm³/mol. The zero-order chi connectivity index (χ0) is 30.6. The number of carbonyl (C=O) groups excluding carboxylic acids is 3. The first-order valence-corrected chi connectivity index (χ1v) is 17.6. The van der Waals surface area contributed by atoms with E-state index >= 15 is 0 Å². The molecule has 2 aliphatic heterocycles. The highest BCUT2D eigenvalue weighted by Gasteiger charge is 2.86. The Morgan fingerprint density at radius 1 is 1.07 bits per heavy atom. The fraction of sp³-hybridized carbons (Fsp3) is 0.857. The fourth-order valence-corrected chi connectivity index (χ4v) is 9.00. The van der Waals surface area contributed by atoms with Crippen molar-refractivity contribution in [2.45, 2.75) is 146 Å². The molecule has 4 unspecified atom stereocenters. The molecule has 0 aromatic carbocycles. The molecule has 2 heterocycles. The first kappa shape index (κ1) is 32.8. The van der Waals surface area contributed by atoms with E-state index in [1.54, 1.807) is 0 Å². The molecule has 0 radical (unpaired) electrons. The molecule has 8 nitrogen and oxygen atoms in total. The van der Waals surface area contributed by atoms with Gasteiger partial charge in [0.1, 0.15) is 6.17 Å². The van der Waals surface area contributed by atoms with Gasteiger partial charge in [-0.3, -0.25) is 15.3 Å². The molecule has 5 N–H and O–H groups in total. The summed E-state index contributed by atoms with van der Waals surface area (Å²) in [6.45, 7) is 5.56. The maximum atomic E-state index is 14.0. The SMILES string of the molecule is CCCCCCOC(=O)[C@]12O[C@@]1(CC=C(C)C[C@H](CC1CCC(O)CC1)C1CC[NH2+]C(N)C1)C(=O)C1CCCCC1C2=O. The molecule has 5 fully saturated rings. The second-order valence-corrected chi connectivity index (χ2v) is 14.6. The number of ether oxygens (including phenoxy) is 2. The molecule has 3 saturated carbocycles. The Morgan fingerprint density at radius 3 is 2.49 bits per heavy atom. The number of esters is 1. The Hall–Kier alpha value is -1.61. The minimum absolute atomic E-state index is 0.0603. The van der Waals surface area contributed by atoms with E-state index in [0.717, 1.165) is 96.4 Å². The Morgan fingerprint density at radius 2 is 1.79 bits per heavy atom. The lowest BCUT2D eigenvalue weighted by atomic mass is 9.61. The second-order valence-electron chi connectivity index (χ2n) is 14.6. The van der Waals surface area contributed by atoms with Crippen LogP contribution in [-0.2, 0) is 23.9 Å². The minimum atomic E-state index is -1.77. The molecule has 0 aromatic heterocycles. The number of epoxide rings is 1. The average Bonchev–Trinajstić information content (AvgIpc) is 3.72. The van der Waals surface area contributed by atoms with E-state index < -0.39 is 23.1 Å². The number of fused-ring (bicyclic) bond motifs is 2. The Labute approximate surface area is 258 Å². The molecule has 8 heteroatoms. The van der Waals surface area contributed by atoms with Crippen LogP contribution in [0.4, 0.5) is 0 Å². The van der Waals surface area contributed by atoms with Crippen LogP contribution in [0.3, 0.4) is 0 Å². The number of rotatable bonds is 13. The Kier molecular flexibility index (Phi) is 10.8. The van der Waals surface area contributed by atoms with Crippen molar-refractivity contribution in [1.82, 2.24) is 0 Å². The van der Waals surface area contributed by atoms with Crippen LogP contribution in [0, 0.1) is 29.6 Å². The van der Waals surface area contributed by atoms with Gasteiger partial charge in [0.15, 0.2) is 17.2 Å². The van der Waals surface area contributed by atoms with Gasteiger partial charge in [0, 0.05) is 24.7 Å². The largest absolute Gasteiger partial charge is 0.463 e. The van der Waals surface area contributed by atoms with E-state index in [-0.39, 0.29) is 42.8 Å². The van der Waals surface area contributed by atoms with Crippen LogP contribution < -0.4 is 11.1 Å². The summed E-state index contributed by atoms with van der Waals surface area (Å²) in [5.41, 5.74) is 4.38. The van der Waals surface area contributed by atoms with Gasteiger partial charge < -0.3 is 19.9 Å². The summed E-state index contributed by atoms with van der Waals surface area (Å²) in [7, 11) is 0. The van der Waals surface area contributed by atoms with Crippen LogP contribution in [-0.4, -0.2) is 59.3 Å². The van der Waals surface area contributed by atoms with Gasteiger partial charge in [-0.2, -0.15) is 0 Å². The third kappa shape index (κ3) is 6.83. The summed E-state index contributed by atoms with van der Waals surface area (Å²) < 4.78 is 11.8. The van der Waals surface area contributed by atoms with Gasteiger partial charge in [-0.25, -0.2) is 4.79 Å². The Balaban J connectivity index is 1.31. The molecular formula is C35H57N2O6+. The standard InChI is InChI=1S/C35H56N2O6/c1-3-4-5-8-19-42-33(41)35-32(40)29-10-7-6-9-28(29)31(39)34(35,43-35)17-15-23(2)20-26(25-16-18-37-30(36)22-25)21-24-11-13-27(38)14-12-24/h15,24-30,37-38H,3-14,16-22,36H2,1-2H3/p+1/t24?,25?,26-,27?,28?,29?,30?,34+,35+/m1/s1. The quantitative estimate of drug-likeness (QED) is 0.0950. The van der Waals surface area contributed by atoms with E-state index in [1.165, 1.54) is 5.57 Å². The number of Topliss-reactive ketones (excluding diaryl/α,β-unsaturated/α-hetero) is 2. The van der Waals surface area contributed by atoms with Crippen molar-refractivity contribution < 1.29 is 34.3 Å². The summed E-state index contributed by atoms with van der Waals surface area (Å²) in [4.78, 5) is 41.5. The average molecular weight is 602 g/mol. The second kappa shape index (κ2) is 14.2. The lowest BCUT2D eigenvalue weighted by Crippen LogP contribution is -2.94. The molecule has 242 valence electrons. The number of carbonyl (C=O) groups is 3. The molecule has 5 rings (SSSR count). The maximum absolute atomic E-state index is 14.0. The number of aliphatic hydroxyl groups excluding tert-OH is 1. The number of piperidine rings is 1. The molecule has 43 heavy (non-hydrogen) atoms. The van der Waals surface area contributed by atoms with E-state index in [0.29, 0.717) is 30.6 Å². The third-order valence-corrected chi connectivity index (χ3v) is 11.6. The van der Waals surface area contributed by atoms with Gasteiger partial charge in [-0.1, -0.05) is 50.7 Å². The van der Waals surface area contributed by atoms with Crippen LogP contribution in [0.15, 0.2) is 11.6 Å². The molecule has 0 spiro atoms. The summed E-state index contributed by atoms with van der Waals surface area (Å²) >= 11 is 0. The van der Waals surface area contributed by atoms with E-state index in [2.05, 4.69) is 25.2 Å². The van der Waals surface area contributed by atoms with Crippen molar-refractivity contribution in [3.05, 3.63) is 11.6 Å². The molecular weight excluding hydrogens is 544 g/mol.